The van der Waals surface area contributed by atoms with Gasteiger partial charge in [-0.2, -0.15) is 0 Å². The number of aromatic nitrogens is 2. The van der Waals surface area contributed by atoms with E-state index in [1.165, 1.54) is 5.56 Å². The predicted octanol–water partition coefficient (Wildman–Crippen LogP) is 3.90. The lowest BCUT2D eigenvalue weighted by molar-refractivity contribution is -0.663. The lowest BCUT2D eigenvalue weighted by Crippen LogP contribution is -2.33. The van der Waals surface area contributed by atoms with E-state index < -0.39 is 5.60 Å². The largest absolute Gasteiger partial charge is 0.457 e. The average molecular weight is 404 g/mol. The van der Waals surface area contributed by atoms with Gasteiger partial charge in [-0.3, -0.25) is 0 Å². The number of carbonyl (C=O) groups excluding carboxylic acids is 1. The number of esters is 1. The number of benzene rings is 2. The number of halogens is 1. The normalized spacial score (nSPS) is 11.2. The molecule has 1 aromatic heterocycles. The van der Waals surface area contributed by atoms with Gasteiger partial charge in [0, 0.05) is 0 Å². The third kappa shape index (κ3) is 4.92. The highest BCUT2D eigenvalue weighted by Gasteiger charge is 2.22. The van der Waals surface area contributed by atoms with Crippen molar-refractivity contribution in [2.75, 3.05) is 0 Å². The summed E-state index contributed by atoms with van der Waals surface area (Å²) in [5.74, 6) is -0.227. The summed E-state index contributed by atoms with van der Waals surface area (Å²) < 4.78 is 9.56. The van der Waals surface area contributed by atoms with E-state index in [4.69, 9.17) is 4.74 Å². The van der Waals surface area contributed by atoms with E-state index in [1.807, 2.05) is 68.1 Å². The summed E-state index contributed by atoms with van der Waals surface area (Å²) in [7, 11) is 0. The molecular formula is C20H24BrN2O2+. The van der Waals surface area contributed by atoms with Gasteiger partial charge in [-0.1, -0.05) is 42.5 Å². The molecule has 0 saturated heterocycles. The zero-order valence-electron chi connectivity index (χ0n) is 14.8. The zero-order chi connectivity index (χ0) is 17.2. The zero-order valence-corrected chi connectivity index (χ0v) is 16.5. The van der Waals surface area contributed by atoms with Crippen LogP contribution in [0.5, 0.6) is 0 Å². The fourth-order valence-corrected chi connectivity index (χ4v) is 2.79. The van der Waals surface area contributed by atoms with Crippen LogP contribution < -0.4 is 4.57 Å². The lowest BCUT2D eigenvalue weighted by atomic mass is 10.2. The minimum absolute atomic E-state index is 0. The molecule has 0 bridgehead atoms. The van der Waals surface area contributed by atoms with Crippen LogP contribution in [0.25, 0.3) is 11.0 Å². The molecule has 0 amide bonds. The minimum atomic E-state index is -0.472. The molecule has 0 aliphatic carbocycles. The summed E-state index contributed by atoms with van der Waals surface area (Å²) in [5, 5.41) is 0. The standard InChI is InChI=1S/C20H23N2O2.BrH/c1-20(2,3)24-19(23)14-22-15-21(13-16-9-5-4-6-10-16)17-11-7-8-12-18(17)22;/h4-12,15H,13-14H2,1-3H3;1H/q+1;. The summed E-state index contributed by atoms with van der Waals surface area (Å²) in [5.41, 5.74) is 2.88. The molecule has 132 valence electrons. The number of ether oxygens (including phenoxy) is 1. The smallest absolute Gasteiger partial charge is 0.349 e. The van der Waals surface area contributed by atoms with Gasteiger partial charge in [0.25, 0.3) is 0 Å². The van der Waals surface area contributed by atoms with Gasteiger partial charge in [0.2, 0.25) is 6.33 Å². The van der Waals surface area contributed by atoms with Gasteiger partial charge in [0.1, 0.15) is 12.1 Å². The number of fused-ring (bicyclic) bond motifs is 1. The maximum Gasteiger partial charge on any atom is 0.349 e. The van der Waals surface area contributed by atoms with Crippen LogP contribution in [-0.4, -0.2) is 16.1 Å². The SMILES string of the molecule is Br.CC(C)(C)OC(=O)Cn1c[n+](Cc2ccccc2)c2ccccc21. The number of hydrogen-bond donors (Lipinski definition) is 0. The van der Waals surface area contributed by atoms with Gasteiger partial charge in [0.15, 0.2) is 17.6 Å². The number of hydrogen-bond acceptors (Lipinski definition) is 2. The highest BCUT2D eigenvalue weighted by Crippen LogP contribution is 2.13. The van der Waals surface area contributed by atoms with Crippen molar-refractivity contribution in [1.29, 1.82) is 0 Å². The topological polar surface area (TPSA) is 35.1 Å². The Balaban J connectivity index is 0.00000225. The molecule has 3 aromatic rings. The van der Waals surface area contributed by atoms with Crippen LogP contribution in [0, 0.1) is 0 Å². The van der Waals surface area contributed by atoms with E-state index >= 15 is 0 Å². The maximum atomic E-state index is 12.2. The molecule has 0 atom stereocenters. The summed E-state index contributed by atoms with van der Waals surface area (Å²) >= 11 is 0. The quantitative estimate of drug-likeness (QED) is 0.489. The van der Waals surface area contributed by atoms with E-state index in [-0.39, 0.29) is 29.5 Å². The van der Waals surface area contributed by atoms with Gasteiger partial charge in [-0.05, 0) is 38.5 Å². The Morgan fingerprint density at radius 2 is 1.68 bits per heavy atom. The van der Waals surface area contributed by atoms with E-state index in [2.05, 4.69) is 22.8 Å². The second-order valence-electron chi connectivity index (χ2n) is 6.93. The number of nitrogens with zero attached hydrogens (tertiary/aromatic N) is 2. The van der Waals surface area contributed by atoms with Crippen molar-refractivity contribution in [2.24, 2.45) is 0 Å². The number of para-hydroxylation sites is 2. The molecule has 0 spiro atoms. The summed E-state index contributed by atoms with van der Waals surface area (Å²) in [6.07, 6.45) is 1.99. The Bertz CT molecular complexity index is 851. The Kier molecular flexibility index (Phi) is 6.01. The van der Waals surface area contributed by atoms with Crippen molar-refractivity contribution in [3.8, 4) is 0 Å². The Hall–Kier alpha value is -2.14. The van der Waals surface area contributed by atoms with E-state index in [9.17, 15) is 4.79 Å². The lowest BCUT2D eigenvalue weighted by Gasteiger charge is -2.18. The molecular weight excluding hydrogens is 380 g/mol. The van der Waals surface area contributed by atoms with E-state index in [1.54, 1.807) is 0 Å². The molecule has 0 radical (unpaired) electrons. The second-order valence-corrected chi connectivity index (χ2v) is 6.93. The van der Waals surface area contributed by atoms with Crippen LogP contribution in [0.15, 0.2) is 60.9 Å². The maximum absolute atomic E-state index is 12.2. The van der Waals surface area contributed by atoms with Crippen molar-refractivity contribution < 1.29 is 14.1 Å². The second kappa shape index (κ2) is 7.83. The molecule has 2 aromatic carbocycles. The molecule has 1 heterocycles. The van der Waals surface area contributed by atoms with Crippen molar-refractivity contribution in [3.05, 3.63) is 66.5 Å². The molecule has 0 unspecified atom stereocenters. The first-order chi connectivity index (χ1) is 11.4. The van der Waals surface area contributed by atoms with E-state index in [0.29, 0.717) is 0 Å². The molecule has 3 rings (SSSR count). The fraction of sp³-hybridized carbons (Fsp3) is 0.300. The fourth-order valence-electron chi connectivity index (χ4n) is 2.79. The van der Waals surface area contributed by atoms with Gasteiger partial charge in [-0.25, -0.2) is 13.9 Å². The van der Waals surface area contributed by atoms with Crippen LogP contribution >= 0.6 is 17.0 Å². The molecule has 0 saturated carbocycles. The number of rotatable bonds is 4. The minimum Gasteiger partial charge on any atom is -0.457 e. The molecule has 25 heavy (non-hydrogen) atoms. The average Bonchev–Trinajstić information content (AvgIpc) is 2.85. The third-order valence-electron chi connectivity index (χ3n) is 3.69. The predicted molar refractivity (Wildman–Crippen MR) is 104 cm³/mol. The first kappa shape index (κ1) is 19.2. The first-order valence-electron chi connectivity index (χ1n) is 8.15. The molecule has 0 fully saturated rings. The highest BCUT2D eigenvalue weighted by molar-refractivity contribution is 8.93. The molecule has 0 aliphatic heterocycles. The number of carbonyl (C=O) groups is 1. The summed E-state index contributed by atoms with van der Waals surface area (Å²) in [4.78, 5) is 12.2. The van der Waals surface area contributed by atoms with E-state index in [0.717, 1.165) is 17.6 Å². The van der Waals surface area contributed by atoms with Gasteiger partial charge < -0.3 is 4.74 Å². The Morgan fingerprint density at radius 3 is 2.36 bits per heavy atom. The van der Waals surface area contributed by atoms with Crippen LogP contribution in [0.3, 0.4) is 0 Å². The third-order valence-corrected chi connectivity index (χ3v) is 3.69. The molecule has 0 N–H and O–H groups in total. The molecule has 5 heteroatoms. The van der Waals surface area contributed by atoms with Gasteiger partial charge in [0.05, 0.1) is 0 Å². The summed E-state index contributed by atoms with van der Waals surface area (Å²) in [6, 6.07) is 18.4. The van der Waals surface area contributed by atoms with Crippen LogP contribution in [0.1, 0.15) is 26.3 Å². The Morgan fingerprint density at radius 1 is 1.04 bits per heavy atom. The monoisotopic (exact) mass is 403 g/mol. The number of imidazole rings is 1. The van der Waals surface area contributed by atoms with Crippen molar-refractivity contribution in [2.45, 2.75) is 39.5 Å². The van der Waals surface area contributed by atoms with Crippen LogP contribution in [0.2, 0.25) is 0 Å². The van der Waals surface area contributed by atoms with Crippen molar-refractivity contribution in [3.63, 3.8) is 0 Å². The van der Waals surface area contributed by atoms with Crippen molar-refractivity contribution in [1.82, 2.24) is 4.57 Å². The van der Waals surface area contributed by atoms with Crippen molar-refractivity contribution >= 4 is 34.0 Å². The summed E-state index contributed by atoms with van der Waals surface area (Å²) in [6.45, 7) is 6.62. The Labute approximate surface area is 158 Å². The highest BCUT2D eigenvalue weighted by atomic mass is 79.9. The van der Waals surface area contributed by atoms with Crippen LogP contribution in [-0.2, 0) is 22.6 Å². The first-order valence-corrected chi connectivity index (χ1v) is 8.15. The molecule has 4 nitrogen and oxygen atoms in total. The van der Waals surface area contributed by atoms with Crippen LogP contribution in [0.4, 0.5) is 0 Å². The van der Waals surface area contributed by atoms with Gasteiger partial charge >= 0.3 is 5.97 Å². The van der Waals surface area contributed by atoms with Gasteiger partial charge in [-0.15, -0.1) is 17.0 Å². The molecule has 0 aliphatic rings.